The number of benzene rings is 1. The summed E-state index contributed by atoms with van der Waals surface area (Å²) in [5.74, 6) is -1.42. The molecule has 1 unspecified atom stereocenters. The summed E-state index contributed by atoms with van der Waals surface area (Å²) in [5, 5.41) is 12.3. The summed E-state index contributed by atoms with van der Waals surface area (Å²) >= 11 is 0. The number of hydrogen-bond acceptors (Lipinski definition) is 3. The van der Waals surface area contributed by atoms with Crippen LogP contribution in [-0.4, -0.2) is 52.5 Å². The molecule has 1 aliphatic carbocycles. The lowest BCUT2D eigenvalue weighted by molar-refractivity contribution is -0.270. The van der Waals surface area contributed by atoms with Crippen LogP contribution in [0, 0.1) is 5.92 Å². The Hall–Kier alpha value is -1.81. The largest absolute Gasteiger partial charge is 0.417 e. The molecule has 3 rings (SSSR count). The molecule has 1 aliphatic heterocycles. The fraction of sp³-hybridized carbons (Fsp3) is 0.667. The van der Waals surface area contributed by atoms with Crippen LogP contribution in [0.2, 0.25) is 0 Å². The number of alkyl halides is 6. The molecule has 2 fully saturated rings. The predicted octanol–water partition coefficient (Wildman–Crippen LogP) is 4.18. The van der Waals surface area contributed by atoms with Crippen molar-refractivity contribution < 1.29 is 36.2 Å². The van der Waals surface area contributed by atoms with Crippen LogP contribution in [0.4, 0.5) is 26.3 Å². The molecule has 1 saturated carbocycles. The van der Waals surface area contributed by atoms with Crippen LogP contribution in [0.1, 0.15) is 44.1 Å². The van der Waals surface area contributed by atoms with Gasteiger partial charge in [0.25, 0.3) is 0 Å². The molecule has 174 valence electrons. The number of nitrogens with zero attached hydrogens (tertiary/aromatic N) is 1. The van der Waals surface area contributed by atoms with Crippen molar-refractivity contribution in [3.63, 3.8) is 0 Å². The Morgan fingerprint density at radius 2 is 1.68 bits per heavy atom. The van der Waals surface area contributed by atoms with Crippen LogP contribution >= 0.6 is 0 Å². The van der Waals surface area contributed by atoms with Crippen molar-refractivity contribution in [1.82, 2.24) is 10.2 Å². The van der Waals surface area contributed by atoms with Gasteiger partial charge in [0.2, 0.25) is 5.91 Å². The zero-order chi connectivity index (χ0) is 22.9. The number of aliphatic hydroxyl groups is 1. The van der Waals surface area contributed by atoms with Crippen LogP contribution in [-0.2, 0) is 11.3 Å². The van der Waals surface area contributed by atoms with Gasteiger partial charge in [-0.3, -0.25) is 9.69 Å². The fourth-order valence-electron chi connectivity index (χ4n) is 4.44. The first-order valence-electron chi connectivity index (χ1n) is 10.3. The average Bonchev–Trinajstić information content (AvgIpc) is 2.69. The van der Waals surface area contributed by atoms with Gasteiger partial charge < -0.3 is 10.4 Å². The summed E-state index contributed by atoms with van der Waals surface area (Å²) < 4.78 is 79.8. The Bertz CT molecular complexity index is 744. The highest BCUT2D eigenvalue weighted by atomic mass is 19.4. The summed E-state index contributed by atoms with van der Waals surface area (Å²) in [6.45, 7) is 0.216. The van der Waals surface area contributed by atoms with Gasteiger partial charge in [-0.2, -0.15) is 26.3 Å². The molecule has 1 aromatic carbocycles. The van der Waals surface area contributed by atoms with E-state index >= 15 is 0 Å². The standard InChI is InChI=1S/C21H26F6N2O2/c22-20(23,24)17-12-15(8-11-29(17)13-14-4-2-1-3-5-14)18(30)28-16-6-9-19(31,10-7-16)21(25,26)27/h1-5,15-17,31H,6-13H2,(H,28,30)/t15?,16-,17-,19-/m1/s1. The molecular formula is C21H26F6N2O2. The van der Waals surface area contributed by atoms with Gasteiger partial charge in [-0.1, -0.05) is 30.3 Å². The second-order valence-electron chi connectivity index (χ2n) is 8.55. The number of carbonyl (C=O) groups is 1. The quantitative estimate of drug-likeness (QED) is 0.674. The molecule has 2 N–H and O–H groups in total. The summed E-state index contributed by atoms with van der Waals surface area (Å²) in [6.07, 6.45) is -10.6. The molecule has 10 heteroatoms. The number of halogens is 6. The van der Waals surface area contributed by atoms with Crippen molar-refractivity contribution in [3.05, 3.63) is 35.9 Å². The first-order chi connectivity index (χ1) is 14.4. The topological polar surface area (TPSA) is 52.6 Å². The van der Waals surface area contributed by atoms with E-state index in [1.807, 2.05) is 0 Å². The lowest BCUT2D eigenvalue weighted by atomic mass is 9.81. The molecule has 1 saturated heterocycles. The second kappa shape index (κ2) is 8.97. The molecule has 4 nitrogen and oxygen atoms in total. The highest BCUT2D eigenvalue weighted by Crippen LogP contribution is 2.41. The average molecular weight is 452 g/mol. The predicted molar refractivity (Wildman–Crippen MR) is 101 cm³/mol. The molecular weight excluding hydrogens is 426 g/mol. The van der Waals surface area contributed by atoms with Crippen LogP contribution in [0.3, 0.4) is 0 Å². The Morgan fingerprint density at radius 3 is 2.23 bits per heavy atom. The van der Waals surface area contributed by atoms with Gasteiger partial charge in [0.05, 0.1) is 0 Å². The highest BCUT2D eigenvalue weighted by Gasteiger charge is 2.55. The molecule has 1 aromatic rings. The van der Waals surface area contributed by atoms with E-state index in [-0.39, 0.29) is 38.8 Å². The zero-order valence-corrected chi connectivity index (χ0v) is 16.8. The van der Waals surface area contributed by atoms with Gasteiger partial charge in [-0.25, -0.2) is 0 Å². The number of carbonyl (C=O) groups excluding carboxylic acids is 1. The Kier molecular flexibility index (Phi) is 6.90. The monoisotopic (exact) mass is 452 g/mol. The van der Waals surface area contributed by atoms with Gasteiger partial charge in [-0.15, -0.1) is 0 Å². The van der Waals surface area contributed by atoms with Gasteiger partial charge in [-0.05, 0) is 50.6 Å². The minimum absolute atomic E-state index is 0.0721. The summed E-state index contributed by atoms with van der Waals surface area (Å²) in [4.78, 5) is 13.9. The Labute approximate surface area is 176 Å². The minimum Gasteiger partial charge on any atom is -0.380 e. The lowest BCUT2D eigenvalue weighted by Gasteiger charge is -2.41. The van der Waals surface area contributed by atoms with E-state index in [0.29, 0.717) is 0 Å². The number of rotatable bonds is 4. The highest BCUT2D eigenvalue weighted by molar-refractivity contribution is 5.79. The summed E-state index contributed by atoms with van der Waals surface area (Å²) in [6, 6.07) is 6.43. The molecule has 0 spiro atoms. The summed E-state index contributed by atoms with van der Waals surface area (Å²) in [7, 11) is 0. The first-order valence-corrected chi connectivity index (χ1v) is 10.3. The third kappa shape index (κ3) is 5.71. The van der Waals surface area contributed by atoms with Crippen LogP contribution in [0.15, 0.2) is 30.3 Å². The number of piperidine rings is 1. The molecule has 2 atom stereocenters. The second-order valence-corrected chi connectivity index (χ2v) is 8.55. The molecule has 1 heterocycles. The minimum atomic E-state index is -4.74. The molecule has 0 bridgehead atoms. The Morgan fingerprint density at radius 1 is 1.06 bits per heavy atom. The van der Waals surface area contributed by atoms with Crippen molar-refractivity contribution in [2.75, 3.05) is 6.54 Å². The van der Waals surface area contributed by atoms with E-state index in [1.54, 1.807) is 30.3 Å². The smallest absolute Gasteiger partial charge is 0.380 e. The van der Waals surface area contributed by atoms with E-state index in [0.717, 1.165) is 5.56 Å². The maximum Gasteiger partial charge on any atom is 0.417 e. The molecule has 1 amide bonds. The van der Waals surface area contributed by atoms with Crippen molar-refractivity contribution in [1.29, 1.82) is 0 Å². The number of hydrogen-bond donors (Lipinski definition) is 2. The zero-order valence-electron chi connectivity index (χ0n) is 16.8. The van der Waals surface area contributed by atoms with Crippen LogP contribution in [0.25, 0.3) is 0 Å². The normalized spacial score (nSPS) is 30.7. The van der Waals surface area contributed by atoms with Gasteiger partial charge in [0.1, 0.15) is 6.04 Å². The number of amides is 1. The van der Waals surface area contributed by atoms with E-state index in [4.69, 9.17) is 0 Å². The molecule has 0 aromatic heterocycles. The molecule has 0 radical (unpaired) electrons. The third-order valence-electron chi connectivity index (χ3n) is 6.38. The first kappa shape index (κ1) is 23.8. The van der Waals surface area contributed by atoms with Gasteiger partial charge >= 0.3 is 12.4 Å². The van der Waals surface area contributed by atoms with E-state index < -0.39 is 54.7 Å². The van der Waals surface area contributed by atoms with E-state index in [1.165, 1.54) is 4.90 Å². The van der Waals surface area contributed by atoms with Crippen molar-refractivity contribution in [2.45, 2.75) is 75.1 Å². The van der Waals surface area contributed by atoms with E-state index in [9.17, 15) is 36.2 Å². The molecule has 31 heavy (non-hydrogen) atoms. The van der Waals surface area contributed by atoms with Crippen LogP contribution < -0.4 is 5.32 Å². The van der Waals surface area contributed by atoms with Gasteiger partial charge in [0.15, 0.2) is 5.60 Å². The molecule has 2 aliphatic rings. The number of nitrogens with one attached hydrogen (secondary N) is 1. The van der Waals surface area contributed by atoms with Crippen molar-refractivity contribution in [3.8, 4) is 0 Å². The third-order valence-corrected chi connectivity index (χ3v) is 6.38. The lowest BCUT2D eigenvalue weighted by Crippen LogP contribution is -2.54. The number of likely N-dealkylation sites (tertiary alicyclic amines) is 1. The summed E-state index contributed by atoms with van der Waals surface area (Å²) in [5.41, 5.74) is -2.02. The van der Waals surface area contributed by atoms with Crippen molar-refractivity contribution >= 4 is 5.91 Å². The SMILES string of the molecule is O=C(N[C@H]1CC[C@@](O)(C(F)(F)F)CC1)C1CCN(Cc2ccccc2)[C@@H](C(F)(F)F)C1. The van der Waals surface area contributed by atoms with E-state index in [2.05, 4.69) is 5.32 Å². The maximum absolute atomic E-state index is 13.7. The Balaban J connectivity index is 1.58. The maximum atomic E-state index is 13.7. The fourth-order valence-corrected chi connectivity index (χ4v) is 4.44. The van der Waals surface area contributed by atoms with Crippen molar-refractivity contribution in [2.24, 2.45) is 5.92 Å². The van der Waals surface area contributed by atoms with Crippen LogP contribution in [0.5, 0.6) is 0 Å². The van der Waals surface area contributed by atoms with Gasteiger partial charge in [0, 0.05) is 18.5 Å².